The van der Waals surface area contributed by atoms with E-state index in [0.29, 0.717) is 17.6 Å². The number of halogens is 3. The zero-order chi connectivity index (χ0) is 19.8. The molecule has 2 N–H and O–H groups in total. The fraction of sp³-hybridized carbons (Fsp3) is 0.450. The highest BCUT2D eigenvalue weighted by molar-refractivity contribution is 14.0. The predicted molar refractivity (Wildman–Crippen MR) is 126 cm³/mol. The van der Waals surface area contributed by atoms with Crippen LogP contribution in [0.5, 0.6) is 5.75 Å². The molecule has 1 saturated heterocycles. The summed E-state index contributed by atoms with van der Waals surface area (Å²) in [7, 11) is 0. The lowest BCUT2D eigenvalue weighted by molar-refractivity contribution is -0.0504. The summed E-state index contributed by atoms with van der Waals surface area (Å²) in [6.45, 7) is 2.17. The van der Waals surface area contributed by atoms with E-state index in [1.54, 1.807) is 29.5 Å². The van der Waals surface area contributed by atoms with Gasteiger partial charge in [-0.2, -0.15) is 8.78 Å². The fourth-order valence-corrected chi connectivity index (χ4v) is 4.00. The molecule has 2 heterocycles. The van der Waals surface area contributed by atoms with Crippen molar-refractivity contribution in [1.29, 1.82) is 0 Å². The van der Waals surface area contributed by atoms with E-state index in [1.807, 2.05) is 6.92 Å². The molecule has 2 aromatic rings. The number of alkyl halides is 2. The summed E-state index contributed by atoms with van der Waals surface area (Å²) < 4.78 is 29.7. The number of ether oxygens (including phenoxy) is 1. The van der Waals surface area contributed by atoms with Crippen molar-refractivity contribution in [3.63, 3.8) is 0 Å². The number of piperidine rings is 1. The summed E-state index contributed by atoms with van der Waals surface area (Å²) in [5, 5.41) is 10.1. The molecule has 160 valence electrons. The maximum absolute atomic E-state index is 12.6. The average Bonchev–Trinajstić information content (AvgIpc) is 3.22. The SMILES string of the molecule is CCNC(=NCc1ccccc1OC(F)F)NC1CCN(c2cccs2)CC1.I. The molecule has 5 nitrogen and oxygen atoms in total. The van der Waals surface area contributed by atoms with Gasteiger partial charge < -0.3 is 20.3 Å². The maximum atomic E-state index is 12.6. The number of hydrogen-bond acceptors (Lipinski definition) is 4. The van der Waals surface area contributed by atoms with Gasteiger partial charge in [0.1, 0.15) is 5.75 Å². The lowest BCUT2D eigenvalue weighted by atomic mass is 10.1. The summed E-state index contributed by atoms with van der Waals surface area (Å²) in [4.78, 5) is 6.98. The predicted octanol–water partition coefficient (Wildman–Crippen LogP) is 4.69. The third-order valence-electron chi connectivity index (χ3n) is 4.59. The number of hydrogen-bond donors (Lipinski definition) is 2. The topological polar surface area (TPSA) is 48.9 Å². The smallest absolute Gasteiger partial charge is 0.387 e. The van der Waals surface area contributed by atoms with Crippen LogP contribution in [0.1, 0.15) is 25.3 Å². The Morgan fingerprint density at radius 1 is 1.24 bits per heavy atom. The number of thiophene rings is 1. The van der Waals surface area contributed by atoms with Crippen LogP contribution in [0.25, 0.3) is 0 Å². The molecule has 0 aliphatic carbocycles. The van der Waals surface area contributed by atoms with Crippen LogP contribution in [-0.2, 0) is 6.54 Å². The number of benzene rings is 1. The highest BCUT2D eigenvalue weighted by Crippen LogP contribution is 2.25. The Labute approximate surface area is 191 Å². The minimum Gasteiger partial charge on any atom is -0.434 e. The van der Waals surface area contributed by atoms with Crippen molar-refractivity contribution >= 4 is 46.3 Å². The zero-order valence-electron chi connectivity index (χ0n) is 16.3. The molecule has 0 radical (unpaired) electrons. The Balaban J connectivity index is 0.00000300. The minimum atomic E-state index is -2.84. The van der Waals surface area contributed by atoms with E-state index in [4.69, 9.17) is 0 Å². The first-order chi connectivity index (χ1) is 13.7. The molecule has 29 heavy (non-hydrogen) atoms. The van der Waals surface area contributed by atoms with Gasteiger partial charge in [-0.25, -0.2) is 4.99 Å². The molecule has 1 fully saturated rings. The summed E-state index contributed by atoms with van der Waals surface area (Å²) in [5.41, 5.74) is 0.632. The lowest BCUT2D eigenvalue weighted by Crippen LogP contribution is -2.48. The van der Waals surface area contributed by atoms with E-state index in [2.05, 4.69) is 42.8 Å². The zero-order valence-corrected chi connectivity index (χ0v) is 19.5. The van der Waals surface area contributed by atoms with Gasteiger partial charge in [0.15, 0.2) is 5.96 Å². The standard InChI is InChI=1S/C20H26F2N4OS.HI/c1-2-23-20(24-14-15-6-3-4-7-17(15)27-19(21)22)25-16-9-11-26(12-10-16)18-8-5-13-28-18;/h3-8,13,16,19H,2,9-12,14H2,1H3,(H2,23,24,25);1H. The second-order valence-electron chi connectivity index (χ2n) is 6.54. The normalized spacial score (nSPS) is 15.2. The van der Waals surface area contributed by atoms with Crippen molar-refractivity contribution in [1.82, 2.24) is 10.6 Å². The van der Waals surface area contributed by atoms with E-state index in [-0.39, 0.29) is 36.3 Å². The van der Waals surface area contributed by atoms with Crippen LogP contribution in [0, 0.1) is 0 Å². The van der Waals surface area contributed by atoms with Crippen LogP contribution < -0.4 is 20.3 Å². The summed E-state index contributed by atoms with van der Waals surface area (Å²) >= 11 is 1.77. The van der Waals surface area contributed by atoms with Crippen LogP contribution in [0.3, 0.4) is 0 Å². The Hall–Kier alpha value is -1.62. The van der Waals surface area contributed by atoms with Crippen molar-refractivity contribution in [2.45, 2.75) is 39.0 Å². The minimum absolute atomic E-state index is 0. The number of nitrogens with zero attached hydrogens (tertiary/aromatic N) is 2. The van der Waals surface area contributed by atoms with E-state index >= 15 is 0 Å². The Bertz CT molecular complexity index is 753. The molecule has 1 aromatic carbocycles. The van der Waals surface area contributed by atoms with Crippen molar-refractivity contribution in [2.24, 2.45) is 4.99 Å². The molecule has 0 spiro atoms. The lowest BCUT2D eigenvalue weighted by Gasteiger charge is -2.33. The van der Waals surface area contributed by atoms with E-state index in [0.717, 1.165) is 32.5 Å². The number of anilines is 1. The van der Waals surface area contributed by atoms with Gasteiger partial charge in [-0.15, -0.1) is 35.3 Å². The number of para-hydroxylation sites is 1. The van der Waals surface area contributed by atoms with Gasteiger partial charge in [0.05, 0.1) is 11.5 Å². The highest BCUT2D eigenvalue weighted by Gasteiger charge is 2.20. The second kappa shape index (κ2) is 12.2. The molecule has 9 heteroatoms. The van der Waals surface area contributed by atoms with Crippen LogP contribution in [-0.4, -0.2) is 38.2 Å². The Morgan fingerprint density at radius 2 is 2.00 bits per heavy atom. The van der Waals surface area contributed by atoms with E-state index in [9.17, 15) is 8.78 Å². The van der Waals surface area contributed by atoms with Gasteiger partial charge in [-0.1, -0.05) is 18.2 Å². The fourth-order valence-electron chi connectivity index (χ4n) is 3.22. The Kier molecular flexibility index (Phi) is 9.92. The maximum Gasteiger partial charge on any atom is 0.387 e. The molecule has 0 bridgehead atoms. The third-order valence-corrected chi connectivity index (χ3v) is 5.52. The quantitative estimate of drug-likeness (QED) is 0.306. The van der Waals surface area contributed by atoms with Gasteiger partial charge in [-0.3, -0.25) is 0 Å². The molecule has 1 aliphatic heterocycles. The van der Waals surface area contributed by atoms with Crippen LogP contribution in [0.4, 0.5) is 13.8 Å². The van der Waals surface area contributed by atoms with Crippen molar-refractivity contribution < 1.29 is 13.5 Å². The van der Waals surface area contributed by atoms with E-state index in [1.165, 1.54) is 11.1 Å². The highest BCUT2D eigenvalue weighted by atomic mass is 127. The first-order valence-electron chi connectivity index (χ1n) is 9.51. The molecular weight excluding hydrogens is 509 g/mol. The van der Waals surface area contributed by atoms with Gasteiger partial charge in [-0.05, 0) is 43.3 Å². The summed E-state index contributed by atoms with van der Waals surface area (Å²) in [6.07, 6.45) is 2.04. The number of nitrogens with one attached hydrogen (secondary N) is 2. The molecule has 0 amide bonds. The average molecular weight is 536 g/mol. The van der Waals surface area contributed by atoms with E-state index < -0.39 is 6.61 Å². The molecule has 1 aliphatic rings. The number of rotatable bonds is 7. The van der Waals surface area contributed by atoms with Gasteiger partial charge in [0.25, 0.3) is 0 Å². The van der Waals surface area contributed by atoms with Crippen molar-refractivity contribution in [3.8, 4) is 5.75 Å². The third kappa shape index (κ3) is 7.29. The van der Waals surface area contributed by atoms with Crippen LogP contribution in [0.15, 0.2) is 46.8 Å². The molecule has 0 saturated carbocycles. The molecule has 0 unspecified atom stereocenters. The summed E-state index contributed by atoms with van der Waals surface area (Å²) in [5.74, 6) is 0.866. The monoisotopic (exact) mass is 536 g/mol. The Morgan fingerprint density at radius 3 is 2.66 bits per heavy atom. The largest absolute Gasteiger partial charge is 0.434 e. The molecule has 1 aromatic heterocycles. The van der Waals surface area contributed by atoms with Gasteiger partial charge in [0, 0.05) is 31.2 Å². The van der Waals surface area contributed by atoms with Crippen LogP contribution in [0.2, 0.25) is 0 Å². The van der Waals surface area contributed by atoms with Gasteiger partial charge in [0.2, 0.25) is 0 Å². The van der Waals surface area contributed by atoms with Crippen molar-refractivity contribution in [2.75, 3.05) is 24.5 Å². The summed E-state index contributed by atoms with van der Waals surface area (Å²) in [6, 6.07) is 11.3. The number of guanidine groups is 1. The molecular formula is C20H27F2IN4OS. The molecule has 3 rings (SSSR count). The first kappa shape index (κ1) is 23.7. The number of aliphatic imine (C=N–C) groups is 1. The second-order valence-corrected chi connectivity index (χ2v) is 7.46. The first-order valence-corrected chi connectivity index (χ1v) is 10.4. The van der Waals surface area contributed by atoms with Gasteiger partial charge >= 0.3 is 6.61 Å². The van der Waals surface area contributed by atoms with Crippen LogP contribution >= 0.6 is 35.3 Å². The van der Waals surface area contributed by atoms with Crippen molar-refractivity contribution in [3.05, 3.63) is 47.3 Å². The molecule has 0 atom stereocenters.